The zero-order chi connectivity index (χ0) is 23.7. The van der Waals surface area contributed by atoms with E-state index in [2.05, 4.69) is 38.5 Å². The zero-order valence-electron chi connectivity index (χ0n) is 19.6. The van der Waals surface area contributed by atoms with Crippen LogP contribution in [-0.4, -0.2) is 52.9 Å². The molecule has 2 unspecified atom stereocenters. The number of anilines is 2. The standard InChI is InChI=1S/C26H29N5O3/c1-30-15-19(14-28-30)18-8-17-9-21(5-6-25(17)27-13-18)31(16-20-4-7-26(32)29-20)22-10-23(33-2)12-24(11-22)34-3/h5-6,8-15,20,26,29,32H,4,7,16H2,1-3H3. The Morgan fingerprint density at radius 1 is 1.00 bits per heavy atom. The van der Waals surface area contributed by atoms with Crippen molar-refractivity contribution in [2.24, 2.45) is 7.05 Å². The van der Waals surface area contributed by atoms with Gasteiger partial charge in [0.05, 0.1) is 25.9 Å². The summed E-state index contributed by atoms with van der Waals surface area (Å²) in [5, 5.41) is 18.6. The van der Waals surface area contributed by atoms with E-state index >= 15 is 0 Å². The lowest BCUT2D eigenvalue weighted by Gasteiger charge is -2.29. The van der Waals surface area contributed by atoms with Crippen LogP contribution in [0.15, 0.2) is 61.1 Å². The Labute approximate surface area is 198 Å². The Kier molecular flexibility index (Phi) is 6.08. The molecule has 8 heteroatoms. The lowest BCUT2D eigenvalue weighted by atomic mass is 10.1. The molecule has 8 nitrogen and oxygen atoms in total. The number of hydrogen-bond acceptors (Lipinski definition) is 7. The maximum Gasteiger partial charge on any atom is 0.124 e. The van der Waals surface area contributed by atoms with Gasteiger partial charge in [0.2, 0.25) is 0 Å². The van der Waals surface area contributed by atoms with E-state index in [-0.39, 0.29) is 6.04 Å². The zero-order valence-corrected chi connectivity index (χ0v) is 19.6. The number of aliphatic hydroxyl groups excluding tert-OH is 1. The molecular formula is C26H29N5O3. The average Bonchev–Trinajstić information content (AvgIpc) is 3.49. The van der Waals surface area contributed by atoms with Crippen molar-refractivity contribution >= 4 is 22.3 Å². The lowest BCUT2D eigenvalue weighted by molar-refractivity contribution is 0.155. The van der Waals surface area contributed by atoms with Gasteiger partial charge in [0.15, 0.2) is 0 Å². The molecule has 2 atom stereocenters. The van der Waals surface area contributed by atoms with Crippen LogP contribution in [0.5, 0.6) is 11.5 Å². The molecule has 1 fully saturated rings. The summed E-state index contributed by atoms with van der Waals surface area (Å²) in [5.74, 6) is 1.44. The molecule has 0 aliphatic carbocycles. The Morgan fingerprint density at radius 2 is 1.79 bits per heavy atom. The van der Waals surface area contributed by atoms with Crippen molar-refractivity contribution in [1.82, 2.24) is 20.1 Å². The molecule has 0 spiro atoms. The van der Waals surface area contributed by atoms with Crippen molar-refractivity contribution in [3.05, 3.63) is 61.1 Å². The van der Waals surface area contributed by atoms with Crippen molar-refractivity contribution in [3.8, 4) is 22.6 Å². The van der Waals surface area contributed by atoms with Crippen molar-refractivity contribution in [1.29, 1.82) is 0 Å². The fourth-order valence-electron chi connectivity index (χ4n) is 4.49. The minimum atomic E-state index is -0.463. The van der Waals surface area contributed by atoms with Crippen LogP contribution < -0.4 is 19.7 Å². The number of rotatable bonds is 7. The van der Waals surface area contributed by atoms with E-state index in [1.54, 1.807) is 18.9 Å². The third-order valence-corrected chi connectivity index (χ3v) is 6.28. The summed E-state index contributed by atoms with van der Waals surface area (Å²) in [7, 11) is 5.21. The number of methoxy groups -OCH3 is 2. The molecule has 0 saturated carbocycles. The van der Waals surface area contributed by atoms with Gasteiger partial charge in [-0.05, 0) is 37.1 Å². The van der Waals surface area contributed by atoms with Gasteiger partial charge < -0.3 is 19.5 Å². The fraction of sp³-hybridized carbons (Fsp3) is 0.308. The van der Waals surface area contributed by atoms with E-state index in [4.69, 9.17) is 9.47 Å². The normalized spacial score (nSPS) is 17.8. The molecule has 2 aromatic carbocycles. The molecule has 176 valence electrons. The monoisotopic (exact) mass is 459 g/mol. The number of ether oxygens (including phenoxy) is 2. The van der Waals surface area contributed by atoms with Crippen LogP contribution in [0, 0.1) is 0 Å². The van der Waals surface area contributed by atoms with Gasteiger partial charge in [-0.15, -0.1) is 0 Å². The highest BCUT2D eigenvalue weighted by Gasteiger charge is 2.25. The largest absolute Gasteiger partial charge is 0.497 e. The van der Waals surface area contributed by atoms with Crippen molar-refractivity contribution in [2.45, 2.75) is 25.1 Å². The minimum absolute atomic E-state index is 0.155. The fourth-order valence-corrected chi connectivity index (χ4v) is 4.49. The topological polar surface area (TPSA) is 84.7 Å². The van der Waals surface area contributed by atoms with Crippen LogP contribution in [0.4, 0.5) is 11.4 Å². The van der Waals surface area contributed by atoms with Crippen LogP contribution in [0.2, 0.25) is 0 Å². The molecular weight excluding hydrogens is 430 g/mol. The highest BCUT2D eigenvalue weighted by molar-refractivity contribution is 5.87. The second-order valence-electron chi connectivity index (χ2n) is 8.64. The first-order valence-electron chi connectivity index (χ1n) is 11.4. The van der Waals surface area contributed by atoms with Crippen LogP contribution in [0.1, 0.15) is 12.8 Å². The first-order valence-corrected chi connectivity index (χ1v) is 11.4. The van der Waals surface area contributed by atoms with Gasteiger partial charge in [-0.1, -0.05) is 0 Å². The van der Waals surface area contributed by atoms with Gasteiger partial charge in [-0.3, -0.25) is 15.0 Å². The smallest absolute Gasteiger partial charge is 0.124 e. The van der Waals surface area contributed by atoms with Gasteiger partial charge in [-0.25, -0.2) is 0 Å². The van der Waals surface area contributed by atoms with Gasteiger partial charge >= 0.3 is 0 Å². The Hall–Kier alpha value is -3.62. The Bertz CT molecular complexity index is 1280. The van der Waals surface area contributed by atoms with Crippen LogP contribution in [0.3, 0.4) is 0 Å². The van der Waals surface area contributed by atoms with Gasteiger partial charge in [-0.2, -0.15) is 5.10 Å². The van der Waals surface area contributed by atoms with Crippen LogP contribution >= 0.6 is 0 Å². The number of benzene rings is 2. The van der Waals surface area contributed by atoms with Crippen molar-refractivity contribution < 1.29 is 14.6 Å². The maximum atomic E-state index is 10.0. The Morgan fingerprint density at radius 3 is 2.44 bits per heavy atom. The highest BCUT2D eigenvalue weighted by atomic mass is 16.5. The number of pyridine rings is 1. The average molecular weight is 460 g/mol. The Balaban J connectivity index is 1.57. The molecule has 1 aliphatic rings. The first kappa shape index (κ1) is 22.2. The molecule has 34 heavy (non-hydrogen) atoms. The highest BCUT2D eigenvalue weighted by Crippen LogP contribution is 2.35. The van der Waals surface area contributed by atoms with E-state index in [9.17, 15) is 5.11 Å². The summed E-state index contributed by atoms with van der Waals surface area (Å²) in [5.41, 5.74) is 4.95. The van der Waals surface area contributed by atoms with Crippen LogP contribution in [0.25, 0.3) is 22.0 Å². The molecule has 4 aromatic rings. The van der Waals surface area contributed by atoms with E-state index in [0.717, 1.165) is 57.7 Å². The molecule has 2 N–H and O–H groups in total. The van der Waals surface area contributed by atoms with E-state index in [1.165, 1.54) is 0 Å². The van der Waals surface area contributed by atoms with Crippen LogP contribution in [-0.2, 0) is 7.05 Å². The van der Waals surface area contributed by atoms with Gasteiger partial charge in [0.1, 0.15) is 17.7 Å². The van der Waals surface area contributed by atoms with Gasteiger partial charge in [0, 0.05) is 78.1 Å². The first-order chi connectivity index (χ1) is 16.5. The molecule has 0 bridgehead atoms. The number of aromatic nitrogens is 3. The SMILES string of the molecule is COc1cc(OC)cc(N(CC2CCC(O)N2)c2ccc3ncc(-c4cnn(C)c4)cc3c2)c1. The number of aliphatic hydroxyl groups is 1. The second kappa shape index (κ2) is 9.32. The quantitative estimate of drug-likeness (QED) is 0.434. The second-order valence-corrected chi connectivity index (χ2v) is 8.64. The van der Waals surface area contributed by atoms with Crippen molar-refractivity contribution in [2.75, 3.05) is 25.7 Å². The molecule has 3 heterocycles. The summed E-state index contributed by atoms with van der Waals surface area (Å²) >= 11 is 0. The number of fused-ring (bicyclic) bond motifs is 1. The number of nitrogens with zero attached hydrogens (tertiary/aromatic N) is 4. The number of nitrogens with one attached hydrogen (secondary N) is 1. The number of aryl methyl sites for hydroxylation is 1. The molecule has 1 saturated heterocycles. The van der Waals surface area contributed by atoms with E-state index in [1.807, 2.05) is 49.9 Å². The van der Waals surface area contributed by atoms with Gasteiger partial charge in [0.25, 0.3) is 0 Å². The van der Waals surface area contributed by atoms with E-state index in [0.29, 0.717) is 6.54 Å². The predicted molar refractivity (Wildman–Crippen MR) is 133 cm³/mol. The number of hydrogen-bond donors (Lipinski definition) is 2. The third-order valence-electron chi connectivity index (χ3n) is 6.28. The maximum absolute atomic E-state index is 10.0. The lowest BCUT2D eigenvalue weighted by Crippen LogP contribution is -2.38. The molecule has 0 radical (unpaired) electrons. The van der Waals surface area contributed by atoms with Crippen molar-refractivity contribution in [3.63, 3.8) is 0 Å². The van der Waals surface area contributed by atoms with E-state index < -0.39 is 6.23 Å². The minimum Gasteiger partial charge on any atom is -0.497 e. The summed E-state index contributed by atoms with van der Waals surface area (Å²) in [6, 6.07) is 14.4. The summed E-state index contributed by atoms with van der Waals surface area (Å²) in [6.07, 6.45) is 6.90. The molecule has 5 rings (SSSR count). The third kappa shape index (κ3) is 4.55. The summed E-state index contributed by atoms with van der Waals surface area (Å²) in [4.78, 5) is 6.90. The molecule has 0 amide bonds. The molecule has 1 aliphatic heterocycles. The summed E-state index contributed by atoms with van der Waals surface area (Å²) < 4.78 is 12.8. The molecule has 2 aromatic heterocycles. The summed E-state index contributed by atoms with van der Waals surface area (Å²) in [6.45, 7) is 0.689. The predicted octanol–water partition coefficient (Wildman–Crippen LogP) is 3.86.